The SMILES string of the molecule is O=C(CN1C[C@@H](c2ccccc2)CC1=O)N/N=C\c1ccc(Br)c([N+](=O)[O-])c1. The molecule has 1 fully saturated rings. The summed E-state index contributed by atoms with van der Waals surface area (Å²) in [6.07, 6.45) is 1.69. The molecule has 0 bridgehead atoms. The summed E-state index contributed by atoms with van der Waals surface area (Å²) in [6, 6.07) is 14.2. The van der Waals surface area contributed by atoms with Crippen LogP contribution in [0.2, 0.25) is 0 Å². The highest BCUT2D eigenvalue weighted by molar-refractivity contribution is 9.10. The van der Waals surface area contributed by atoms with Crippen molar-refractivity contribution < 1.29 is 14.5 Å². The molecular weight excluding hydrogens is 428 g/mol. The van der Waals surface area contributed by atoms with Crippen LogP contribution in [-0.4, -0.2) is 40.9 Å². The average Bonchev–Trinajstić information content (AvgIpc) is 3.04. The van der Waals surface area contributed by atoms with Gasteiger partial charge in [-0.25, -0.2) is 5.43 Å². The van der Waals surface area contributed by atoms with Gasteiger partial charge in [0.05, 0.1) is 15.6 Å². The van der Waals surface area contributed by atoms with E-state index >= 15 is 0 Å². The maximum atomic E-state index is 12.2. The van der Waals surface area contributed by atoms with Crippen molar-refractivity contribution in [3.8, 4) is 0 Å². The Labute approximate surface area is 169 Å². The molecule has 0 saturated carbocycles. The molecule has 1 saturated heterocycles. The third kappa shape index (κ3) is 4.80. The van der Waals surface area contributed by atoms with E-state index in [0.29, 0.717) is 23.0 Å². The third-order valence-electron chi connectivity index (χ3n) is 4.39. The van der Waals surface area contributed by atoms with Crippen LogP contribution in [0.4, 0.5) is 5.69 Å². The summed E-state index contributed by atoms with van der Waals surface area (Å²) in [5, 5.41) is 14.7. The minimum Gasteiger partial charge on any atom is -0.333 e. The van der Waals surface area contributed by atoms with Gasteiger partial charge in [-0.15, -0.1) is 0 Å². The van der Waals surface area contributed by atoms with Gasteiger partial charge in [-0.3, -0.25) is 19.7 Å². The van der Waals surface area contributed by atoms with Crippen LogP contribution < -0.4 is 5.43 Å². The van der Waals surface area contributed by atoms with Crippen molar-refractivity contribution in [3.05, 3.63) is 74.2 Å². The molecule has 2 aromatic rings. The van der Waals surface area contributed by atoms with Gasteiger partial charge in [-0.1, -0.05) is 36.4 Å². The van der Waals surface area contributed by atoms with E-state index < -0.39 is 10.8 Å². The van der Waals surface area contributed by atoms with E-state index in [-0.39, 0.29) is 24.1 Å². The summed E-state index contributed by atoms with van der Waals surface area (Å²) in [7, 11) is 0. The first-order valence-corrected chi connectivity index (χ1v) is 9.32. The number of likely N-dealkylation sites (tertiary alicyclic amines) is 1. The first kappa shape index (κ1) is 19.7. The van der Waals surface area contributed by atoms with Gasteiger partial charge in [0.1, 0.15) is 6.54 Å². The Morgan fingerprint density at radius 3 is 2.79 bits per heavy atom. The van der Waals surface area contributed by atoms with Gasteiger partial charge < -0.3 is 4.90 Å². The second-order valence-corrected chi connectivity index (χ2v) is 7.20. The van der Waals surface area contributed by atoms with Crippen LogP contribution >= 0.6 is 15.9 Å². The summed E-state index contributed by atoms with van der Waals surface area (Å²) < 4.78 is 0.360. The number of rotatable bonds is 6. The van der Waals surface area contributed by atoms with Crippen LogP contribution in [0.25, 0.3) is 0 Å². The van der Waals surface area contributed by atoms with E-state index in [0.717, 1.165) is 5.56 Å². The van der Waals surface area contributed by atoms with Crippen LogP contribution in [0, 0.1) is 10.1 Å². The van der Waals surface area contributed by atoms with E-state index in [1.54, 1.807) is 6.07 Å². The summed E-state index contributed by atoms with van der Waals surface area (Å²) in [5.41, 5.74) is 3.81. The molecular formula is C19H17BrN4O4. The number of nitro benzene ring substituents is 1. The van der Waals surface area contributed by atoms with Crippen molar-refractivity contribution in [2.24, 2.45) is 5.10 Å². The standard InChI is InChI=1S/C19H17BrN4O4/c20-16-7-6-13(8-17(16)24(27)28)10-21-22-18(25)12-23-11-15(9-19(23)26)14-4-2-1-3-5-14/h1-8,10,15H,9,11-12H2,(H,22,25)/b21-10-/t15-/m0/s1. The number of halogens is 1. The summed E-state index contributed by atoms with van der Waals surface area (Å²) in [5.74, 6) is -0.422. The highest BCUT2D eigenvalue weighted by Gasteiger charge is 2.31. The Morgan fingerprint density at radius 1 is 1.32 bits per heavy atom. The first-order chi connectivity index (χ1) is 13.4. The molecule has 1 aliphatic rings. The lowest BCUT2D eigenvalue weighted by atomic mass is 9.99. The molecule has 2 amide bonds. The monoisotopic (exact) mass is 444 g/mol. The van der Waals surface area contributed by atoms with Crippen LogP contribution in [0.15, 0.2) is 58.1 Å². The zero-order valence-corrected chi connectivity index (χ0v) is 16.3. The summed E-state index contributed by atoms with van der Waals surface area (Å²) >= 11 is 3.11. The topological polar surface area (TPSA) is 105 Å². The minimum absolute atomic E-state index is 0.0727. The maximum Gasteiger partial charge on any atom is 0.284 e. The zero-order valence-electron chi connectivity index (χ0n) is 14.7. The summed E-state index contributed by atoms with van der Waals surface area (Å²) in [4.78, 5) is 36.2. The fourth-order valence-electron chi connectivity index (χ4n) is 3.01. The molecule has 1 atom stereocenters. The molecule has 0 spiro atoms. The Kier molecular flexibility index (Phi) is 6.15. The maximum absolute atomic E-state index is 12.2. The van der Waals surface area contributed by atoms with Crippen LogP contribution in [0.3, 0.4) is 0 Å². The molecule has 0 unspecified atom stereocenters. The number of nitro groups is 1. The van der Waals surface area contributed by atoms with Crippen molar-refractivity contribution >= 4 is 39.6 Å². The lowest BCUT2D eigenvalue weighted by molar-refractivity contribution is -0.385. The number of hydrogen-bond donors (Lipinski definition) is 1. The quantitative estimate of drug-likeness (QED) is 0.419. The first-order valence-electron chi connectivity index (χ1n) is 8.52. The highest BCUT2D eigenvalue weighted by atomic mass is 79.9. The van der Waals surface area contributed by atoms with Crippen molar-refractivity contribution in [1.29, 1.82) is 0 Å². The predicted molar refractivity (Wildman–Crippen MR) is 107 cm³/mol. The molecule has 0 aliphatic carbocycles. The molecule has 0 aromatic heterocycles. The van der Waals surface area contributed by atoms with Crippen LogP contribution in [0.5, 0.6) is 0 Å². The lowest BCUT2D eigenvalue weighted by Crippen LogP contribution is -2.36. The van der Waals surface area contributed by atoms with E-state index in [1.807, 2.05) is 30.3 Å². The largest absolute Gasteiger partial charge is 0.333 e. The van der Waals surface area contributed by atoms with Gasteiger partial charge in [-0.05, 0) is 27.6 Å². The van der Waals surface area contributed by atoms with Crippen molar-refractivity contribution in [2.75, 3.05) is 13.1 Å². The fourth-order valence-corrected chi connectivity index (χ4v) is 3.40. The van der Waals surface area contributed by atoms with E-state index in [2.05, 4.69) is 26.5 Å². The Morgan fingerprint density at radius 2 is 2.07 bits per heavy atom. The molecule has 1 heterocycles. The Balaban J connectivity index is 1.55. The molecule has 1 aliphatic heterocycles. The number of amides is 2. The van der Waals surface area contributed by atoms with E-state index in [4.69, 9.17) is 0 Å². The van der Waals surface area contributed by atoms with Crippen molar-refractivity contribution in [1.82, 2.24) is 10.3 Å². The molecule has 3 rings (SSSR count). The second-order valence-electron chi connectivity index (χ2n) is 6.35. The Bertz CT molecular complexity index is 933. The zero-order chi connectivity index (χ0) is 20.1. The molecule has 8 nitrogen and oxygen atoms in total. The van der Waals surface area contributed by atoms with Crippen LogP contribution in [-0.2, 0) is 9.59 Å². The van der Waals surface area contributed by atoms with E-state index in [9.17, 15) is 19.7 Å². The fraction of sp³-hybridized carbons (Fsp3) is 0.211. The van der Waals surface area contributed by atoms with Gasteiger partial charge in [-0.2, -0.15) is 5.10 Å². The number of nitrogens with zero attached hydrogens (tertiary/aromatic N) is 3. The Hall–Kier alpha value is -3.07. The van der Waals surface area contributed by atoms with E-state index in [1.165, 1.54) is 23.2 Å². The van der Waals surface area contributed by atoms with Gasteiger partial charge >= 0.3 is 0 Å². The minimum atomic E-state index is -0.512. The third-order valence-corrected chi connectivity index (χ3v) is 5.06. The van der Waals surface area contributed by atoms with Gasteiger partial charge in [0.25, 0.3) is 11.6 Å². The second kappa shape index (κ2) is 8.75. The number of nitrogens with one attached hydrogen (secondary N) is 1. The number of carbonyl (C=O) groups excluding carboxylic acids is 2. The average molecular weight is 445 g/mol. The predicted octanol–water partition coefficient (Wildman–Crippen LogP) is 2.82. The number of hydrogen-bond acceptors (Lipinski definition) is 5. The smallest absolute Gasteiger partial charge is 0.284 e. The molecule has 1 N–H and O–H groups in total. The van der Waals surface area contributed by atoms with Gasteiger partial charge in [0.2, 0.25) is 5.91 Å². The summed E-state index contributed by atoms with van der Waals surface area (Å²) in [6.45, 7) is 0.402. The molecule has 2 aromatic carbocycles. The highest BCUT2D eigenvalue weighted by Crippen LogP contribution is 2.27. The van der Waals surface area contributed by atoms with Crippen molar-refractivity contribution in [2.45, 2.75) is 12.3 Å². The van der Waals surface area contributed by atoms with Crippen LogP contribution in [0.1, 0.15) is 23.5 Å². The molecule has 9 heteroatoms. The molecule has 0 radical (unpaired) electrons. The molecule has 28 heavy (non-hydrogen) atoms. The lowest BCUT2D eigenvalue weighted by Gasteiger charge is -2.15. The number of benzene rings is 2. The van der Waals surface area contributed by atoms with Gasteiger partial charge in [0.15, 0.2) is 0 Å². The van der Waals surface area contributed by atoms with Gasteiger partial charge in [0, 0.05) is 30.5 Å². The number of carbonyl (C=O) groups is 2. The normalized spacial score (nSPS) is 16.5. The number of hydrazone groups is 1. The van der Waals surface area contributed by atoms with Crippen molar-refractivity contribution in [3.63, 3.8) is 0 Å². The molecule has 144 valence electrons.